The van der Waals surface area contributed by atoms with Gasteiger partial charge in [-0.25, -0.2) is 9.78 Å². The molecule has 0 bridgehead atoms. The standard InChI is InChI=1S/C20H17N3O3S/c1-23(11-18-22-16-8-4-5-9-17(16)27-18)19(24)12-26-20(25)14-10-21-15-7-3-2-6-13(14)15/h2-10,21H,11-12H2,1H3. The number of likely N-dealkylation sites (N-methyl/N-ethyl adjacent to an activating group) is 1. The molecule has 0 aliphatic rings. The molecule has 0 fully saturated rings. The summed E-state index contributed by atoms with van der Waals surface area (Å²) in [6.07, 6.45) is 1.60. The number of aromatic amines is 1. The third-order valence-corrected chi connectivity index (χ3v) is 5.29. The number of amides is 1. The Balaban J connectivity index is 1.37. The molecule has 0 aliphatic heterocycles. The summed E-state index contributed by atoms with van der Waals surface area (Å²) in [5.74, 6) is -0.795. The quantitative estimate of drug-likeness (QED) is 0.538. The van der Waals surface area contributed by atoms with Crippen LogP contribution < -0.4 is 0 Å². The van der Waals surface area contributed by atoms with E-state index in [1.807, 2.05) is 48.5 Å². The maximum Gasteiger partial charge on any atom is 0.340 e. The van der Waals surface area contributed by atoms with Gasteiger partial charge in [0.05, 0.1) is 22.3 Å². The SMILES string of the molecule is CN(Cc1nc2ccccc2s1)C(=O)COC(=O)c1c[nH]c2ccccc12. The number of ether oxygens (including phenoxy) is 1. The van der Waals surface area contributed by atoms with Crippen molar-refractivity contribution in [1.82, 2.24) is 14.9 Å². The van der Waals surface area contributed by atoms with Crippen molar-refractivity contribution in [1.29, 1.82) is 0 Å². The zero-order valence-electron chi connectivity index (χ0n) is 14.6. The highest BCUT2D eigenvalue weighted by molar-refractivity contribution is 7.18. The number of fused-ring (bicyclic) bond motifs is 2. The average molecular weight is 379 g/mol. The lowest BCUT2D eigenvalue weighted by atomic mass is 10.2. The van der Waals surface area contributed by atoms with E-state index in [9.17, 15) is 9.59 Å². The molecule has 0 atom stereocenters. The predicted molar refractivity (Wildman–Crippen MR) is 105 cm³/mol. The van der Waals surface area contributed by atoms with Crippen molar-refractivity contribution in [2.75, 3.05) is 13.7 Å². The Labute approximate surface area is 159 Å². The summed E-state index contributed by atoms with van der Waals surface area (Å²) in [6.45, 7) is 0.0720. The minimum Gasteiger partial charge on any atom is -0.452 e. The minimum atomic E-state index is -0.519. The number of H-pyrrole nitrogens is 1. The predicted octanol–water partition coefficient (Wildman–Crippen LogP) is 3.59. The topological polar surface area (TPSA) is 75.3 Å². The van der Waals surface area contributed by atoms with Gasteiger partial charge in [-0.05, 0) is 18.2 Å². The van der Waals surface area contributed by atoms with Gasteiger partial charge in [-0.2, -0.15) is 0 Å². The molecule has 2 aromatic heterocycles. The third-order valence-electron chi connectivity index (χ3n) is 4.27. The van der Waals surface area contributed by atoms with E-state index in [1.165, 1.54) is 4.90 Å². The van der Waals surface area contributed by atoms with E-state index in [0.717, 1.165) is 26.1 Å². The molecule has 0 saturated heterocycles. The molecule has 0 saturated carbocycles. The second kappa shape index (κ2) is 7.20. The monoisotopic (exact) mass is 379 g/mol. The van der Waals surface area contributed by atoms with Crippen molar-refractivity contribution >= 4 is 44.3 Å². The highest BCUT2D eigenvalue weighted by Gasteiger charge is 2.17. The van der Waals surface area contributed by atoms with Crippen molar-refractivity contribution in [2.24, 2.45) is 0 Å². The molecule has 4 rings (SSSR count). The Bertz CT molecular complexity index is 1100. The van der Waals surface area contributed by atoms with Gasteiger partial charge in [-0.15, -0.1) is 11.3 Å². The maximum absolute atomic E-state index is 12.3. The van der Waals surface area contributed by atoms with Crippen LogP contribution in [-0.4, -0.2) is 40.4 Å². The van der Waals surface area contributed by atoms with Crippen molar-refractivity contribution < 1.29 is 14.3 Å². The van der Waals surface area contributed by atoms with Gasteiger partial charge >= 0.3 is 5.97 Å². The number of nitrogens with one attached hydrogen (secondary N) is 1. The number of hydrogen-bond acceptors (Lipinski definition) is 5. The molecule has 0 aliphatic carbocycles. The van der Waals surface area contributed by atoms with E-state index in [4.69, 9.17) is 4.74 Å². The fraction of sp³-hybridized carbons (Fsp3) is 0.150. The molecule has 0 spiro atoms. The van der Waals surface area contributed by atoms with Crippen LogP contribution in [0, 0.1) is 0 Å². The van der Waals surface area contributed by atoms with E-state index in [1.54, 1.807) is 24.6 Å². The van der Waals surface area contributed by atoms with E-state index < -0.39 is 5.97 Å². The number of esters is 1. The molecular weight excluding hydrogens is 362 g/mol. The van der Waals surface area contributed by atoms with Crippen LogP contribution in [-0.2, 0) is 16.1 Å². The first-order valence-electron chi connectivity index (χ1n) is 8.43. The summed E-state index contributed by atoms with van der Waals surface area (Å²) < 4.78 is 6.29. The molecule has 0 radical (unpaired) electrons. The molecule has 136 valence electrons. The second-order valence-corrected chi connectivity index (χ2v) is 7.26. The highest BCUT2D eigenvalue weighted by atomic mass is 32.1. The minimum absolute atomic E-state index is 0.276. The Morgan fingerprint density at radius 1 is 1.15 bits per heavy atom. The summed E-state index contributed by atoms with van der Waals surface area (Å²) in [4.78, 5) is 33.7. The number of carbonyl (C=O) groups excluding carboxylic acids is 2. The summed E-state index contributed by atoms with van der Waals surface area (Å²) in [5.41, 5.74) is 2.19. The van der Waals surface area contributed by atoms with E-state index in [2.05, 4.69) is 9.97 Å². The fourth-order valence-electron chi connectivity index (χ4n) is 2.83. The Kier molecular flexibility index (Phi) is 4.60. The number of para-hydroxylation sites is 2. The van der Waals surface area contributed by atoms with Crippen LogP contribution in [0.1, 0.15) is 15.4 Å². The Hall–Kier alpha value is -3.19. The summed E-state index contributed by atoms with van der Waals surface area (Å²) in [6, 6.07) is 15.3. The van der Waals surface area contributed by atoms with Crippen LogP contribution in [0.2, 0.25) is 0 Å². The number of benzene rings is 2. The van der Waals surface area contributed by atoms with Crippen LogP contribution in [0.3, 0.4) is 0 Å². The van der Waals surface area contributed by atoms with Crippen LogP contribution in [0.4, 0.5) is 0 Å². The van der Waals surface area contributed by atoms with Crippen molar-refractivity contribution in [3.05, 3.63) is 65.3 Å². The van der Waals surface area contributed by atoms with E-state index in [0.29, 0.717) is 12.1 Å². The normalized spacial score (nSPS) is 11.0. The largest absolute Gasteiger partial charge is 0.452 e. The zero-order valence-corrected chi connectivity index (χ0v) is 15.5. The van der Waals surface area contributed by atoms with Gasteiger partial charge in [0.2, 0.25) is 0 Å². The molecule has 2 heterocycles. The van der Waals surface area contributed by atoms with Gasteiger partial charge < -0.3 is 14.6 Å². The first kappa shape index (κ1) is 17.2. The van der Waals surface area contributed by atoms with Crippen LogP contribution in [0.15, 0.2) is 54.7 Å². The summed E-state index contributed by atoms with van der Waals surface area (Å²) in [5, 5.41) is 1.62. The number of aromatic nitrogens is 2. The Morgan fingerprint density at radius 2 is 1.93 bits per heavy atom. The molecular formula is C20H17N3O3S. The maximum atomic E-state index is 12.3. The molecule has 1 N–H and O–H groups in total. The number of thiazole rings is 1. The van der Waals surface area contributed by atoms with Crippen molar-refractivity contribution in [3.63, 3.8) is 0 Å². The van der Waals surface area contributed by atoms with E-state index in [-0.39, 0.29) is 12.5 Å². The first-order valence-corrected chi connectivity index (χ1v) is 9.25. The van der Waals surface area contributed by atoms with Crippen LogP contribution >= 0.6 is 11.3 Å². The lowest BCUT2D eigenvalue weighted by Crippen LogP contribution is -2.30. The molecule has 4 aromatic rings. The molecule has 2 aromatic carbocycles. The molecule has 1 amide bonds. The second-order valence-electron chi connectivity index (χ2n) is 6.15. The molecule has 6 nitrogen and oxygen atoms in total. The molecule has 0 unspecified atom stereocenters. The Morgan fingerprint density at radius 3 is 2.78 bits per heavy atom. The number of hydrogen-bond donors (Lipinski definition) is 1. The van der Waals surface area contributed by atoms with Crippen LogP contribution in [0.5, 0.6) is 0 Å². The average Bonchev–Trinajstić information content (AvgIpc) is 3.29. The molecule has 27 heavy (non-hydrogen) atoms. The van der Waals surface area contributed by atoms with Gasteiger partial charge in [0.1, 0.15) is 5.01 Å². The van der Waals surface area contributed by atoms with Crippen molar-refractivity contribution in [3.8, 4) is 0 Å². The smallest absolute Gasteiger partial charge is 0.340 e. The number of carbonyl (C=O) groups is 2. The van der Waals surface area contributed by atoms with Gasteiger partial charge in [0.15, 0.2) is 6.61 Å². The zero-order chi connectivity index (χ0) is 18.8. The lowest BCUT2D eigenvalue weighted by Gasteiger charge is -2.15. The first-order chi connectivity index (χ1) is 13.1. The fourth-order valence-corrected chi connectivity index (χ4v) is 3.86. The number of rotatable bonds is 5. The van der Waals surface area contributed by atoms with Crippen molar-refractivity contribution in [2.45, 2.75) is 6.54 Å². The highest BCUT2D eigenvalue weighted by Crippen LogP contribution is 2.22. The summed E-state index contributed by atoms with van der Waals surface area (Å²) in [7, 11) is 1.67. The van der Waals surface area contributed by atoms with Crippen LogP contribution in [0.25, 0.3) is 21.1 Å². The lowest BCUT2D eigenvalue weighted by molar-refractivity contribution is -0.133. The van der Waals surface area contributed by atoms with Gasteiger partial charge in [0.25, 0.3) is 5.91 Å². The third kappa shape index (κ3) is 3.54. The summed E-state index contributed by atoms with van der Waals surface area (Å²) >= 11 is 1.55. The van der Waals surface area contributed by atoms with Gasteiger partial charge in [-0.1, -0.05) is 30.3 Å². The van der Waals surface area contributed by atoms with Gasteiger partial charge in [-0.3, -0.25) is 4.79 Å². The van der Waals surface area contributed by atoms with Gasteiger partial charge in [0, 0.05) is 24.1 Å². The number of nitrogens with zero attached hydrogens (tertiary/aromatic N) is 2. The molecule has 7 heteroatoms. The van der Waals surface area contributed by atoms with E-state index >= 15 is 0 Å².